The van der Waals surface area contributed by atoms with Gasteiger partial charge >= 0.3 is 0 Å². The third-order valence-electron chi connectivity index (χ3n) is 5.46. The normalized spacial score (nSPS) is 30.2. The standard InChI is InChI=1S/C14H19N.C6H10O.C2H4O/c1-10-11-6-2-3-7-12(11)13-8-4-5-9-14(13)15-10;7-6-4-2-1-3-5-6;1-2-3/h2-3,6-7,10-11,14-15H,4-5,8-9H2,1H3;1-5H2;2H,1H3. The zero-order valence-corrected chi connectivity index (χ0v) is 15.8. The van der Waals surface area contributed by atoms with Crippen LogP contribution < -0.4 is 5.32 Å². The van der Waals surface area contributed by atoms with Gasteiger partial charge in [-0.3, -0.25) is 4.79 Å². The van der Waals surface area contributed by atoms with E-state index in [1.807, 2.05) is 0 Å². The van der Waals surface area contributed by atoms with Crippen LogP contribution in [0, 0.1) is 5.92 Å². The first-order chi connectivity index (χ1) is 12.2. The van der Waals surface area contributed by atoms with Crippen LogP contribution in [0.1, 0.15) is 71.6 Å². The Bertz CT molecular complexity index is 536. The number of carbonyl (C=O) groups is 2. The van der Waals surface area contributed by atoms with Crippen LogP contribution in [-0.2, 0) is 9.59 Å². The number of rotatable bonds is 0. The Hall–Kier alpha value is -1.48. The molecule has 0 aromatic carbocycles. The fraction of sp³-hybridized carbons (Fsp3) is 0.636. The Balaban J connectivity index is 0.000000189. The smallest absolute Gasteiger partial charge is 0.132 e. The van der Waals surface area contributed by atoms with Gasteiger partial charge in [0, 0.05) is 30.8 Å². The van der Waals surface area contributed by atoms with E-state index in [0.29, 0.717) is 23.8 Å². The molecule has 0 spiro atoms. The van der Waals surface area contributed by atoms with Gasteiger partial charge in [0.15, 0.2) is 0 Å². The second-order valence-electron chi connectivity index (χ2n) is 7.34. The Morgan fingerprint density at radius 2 is 1.72 bits per heavy atom. The van der Waals surface area contributed by atoms with Gasteiger partial charge in [-0.25, -0.2) is 0 Å². The summed E-state index contributed by atoms with van der Waals surface area (Å²) in [7, 11) is 0. The van der Waals surface area contributed by atoms with Gasteiger partial charge in [-0.05, 0) is 57.1 Å². The van der Waals surface area contributed by atoms with Crippen molar-refractivity contribution < 1.29 is 9.59 Å². The van der Waals surface area contributed by atoms with Crippen molar-refractivity contribution >= 4 is 12.1 Å². The molecule has 1 heterocycles. The fourth-order valence-corrected chi connectivity index (χ4v) is 4.22. The first-order valence-electron chi connectivity index (χ1n) is 9.92. The summed E-state index contributed by atoms with van der Waals surface area (Å²) in [5.74, 6) is 1.09. The zero-order valence-electron chi connectivity index (χ0n) is 15.8. The van der Waals surface area contributed by atoms with E-state index in [4.69, 9.17) is 4.79 Å². The summed E-state index contributed by atoms with van der Waals surface area (Å²) >= 11 is 0. The second kappa shape index (κ2) is 10.5. The van der Waals surface area contributed by atoms with Crippen molar-refractivity contribution in [3.8, 4) is 0 Å². The van der Waals surface area contributed by atoms with Crippen LogP contribution >= 0.6 is 0 Å². The van der Waals surface area contributed by atoms with E-state index in [9.17, 15) is 4.79 Å². The monoisotopic (exact) mass is 343 g/mol. The van der Waals surface area contributed by atoms with Crippen LogP contribution in [0.2, 0.25) is 0 Å². The number of Topliss-reactive ketones (excluding diaryl/α,β-unsaturated/α-hetero) is 1. The third kappa shape index (κ3) is 5.78. The van der Waals surface area contributed by atoms with E-state index >= 15 is 0 Å². The molecule has 4 rings (SSSR count). The highest BCUT2D eigenvalue weighted by atomic mass is 16.1. The number of allylic oxidation sites excluding steroid dienone is 3. The fourth-order valence-electron chi connectivity index (χ4n) is 4.22. The van der Waals surface area contributed by atoms with Crippen molar-refractivity contribution in [1.82, 2.24) is 5.32 Å². The molecule has 3 unspecified atom stereocenters. The van der Waals surface area contributed by atoms with E-state index in [1.165, 1.54) is 39.0 Å². The molecule has 1 N–H and O–H groups in total. The van der Waals surface area contributed by atoms with Crippen LogP contribution in [0.25, 0.3) is 0 Å². The molecule has 2 saturated carbocycles. The van der Waals surface area contributed by atoms with Crippen molar-refractivity contribution in [3.05, 3.63) is 35.5 Å². The topological polar surface area (TPSA) is 46.2 Å². The number of aldehydes is 1. The Labute approximate surface area is 152 Å². The number of hydrogen-bond donors (Lipinski definition) is 1. The average Bonchev–Trinajstić information content (AvgIpc) is 2.64. The van der Waals surface area contributed by atoms with Crippen molar-refractivity contribution in [2.45, 2.75) is 83.7 Å². The molecule has 2 fully saturated rings. The van der Waals surface area contributed by atoms with Gasteiger partial charge in [0.05, 0.1) is 0 Å². The van der Waals surface area contributed by atoms with Crippen LogP contribution in [-0.4, -0.2) is 24.2 Å². The van der Waals surface area contributed by atoms with Gasteiger partial charge in [0.25, 0.3) is 0 Å². The van der Waals surface area contributed by atoms with Gasteiger partial charge < -0.3 is 10.1 Å². The lowest BCUT2D eigenvalue weighted by molar-refractivity contribution is -0.120. The maximum Gasteiger partial charge on any atom is 0.132 e. The van der Waals surface area contributed by atoms with Crippen LogP contribution in [0.5, 0.6) is 0 Å². The molecule has 3 heteroatoms. The van der Waals surface area contributed by atoms with Crippen molar-refractivity contribution in [3.63, 3.8) is 0 Å². The van der Waals surface area contributed by atoms with E-state index in [0.717, 1.165) is 32.0 Å². The minimum Gasteiger partial charge on any atom is -0.307 e. The van der Waals surface area contributed by atoms with Gasteiger partial charge in [-0.2, -0.15) is 0 Å². The molecule has 0 amide bonds. The number of fused-ring (bicyclic) bond motifs is 2. The summed E-state index contributed by atoms with van der Waals surface area (Å²) in [4.78, 5) is 19.3. The van der Waals surface area contributed by atoms with Crippen molar-refractivity contribution in [1.29, 1.82) is 0 Å². The van der Waals surface area contributed by atoms with E-state index in [1.54, 1.807) is 11.1 Å². The highest BCUT2D eigenvalue weighted by Crippen LogP contribution is 2.37. The molecule has 3 aliphatic carbocycles. The highest BCUT2D eigenvalue weighted by Gasteiger charge is 2.33. The Morgan fingerprint density at radius 3 is 2.36 bits per heavy atom. The zero-order chi connectivity index (χ0) is 18.1. The number of hydrogen-bond acceptors (Lipinski definition) is 3. The minimum absolute atomic E-state index is 0.464. The molecule has 0 aromatic heterocycles. The second-order valence-corrected chi connectivity index (χ2v) is 7.34. The lowest BCUT2D eigenvalue weighted by atomic mass is 9.75. The molecule has 1 aliphatic heterocycles. The molecule has 0 saturated heterocycles. The molecule has 25 heavy (non-hydrogen) atoms. The summed E-state index contributed by atoms with van der Waals surface area (Å²) in [6.07, 6.45) is 20.5. The summed E-state index contributed by atoms with van der Waals surface area (Å²) in [5, 5.41) is 3.77. The maximum absolute atomic E-state index is 10.5. The summed E-state index contributed by atoms with van der Waals surface area (Å²) in [5.41, 5.74) is 3.32. The quantitative estimate of drug-likeness (QED) is 0.649. The van der Waals surface area contributed by atoms with E-state index in [-0.39, 0.29) is 0 Å². The van der Waals surface area contributed by atoms with Crippen LogP contribution in [0.15, 0.2) is 35.5 Å². The molecule has 3 nitrogen and oxygen atoms in total. The molecular formula is C22H33NO2. The lowest BCUT2D eigenvalue weighted by Gasteiger charge is -2.41. The molecule has 3 atom stereocenters. The number of ketones is 1. The molecule has 0 radical (unpaired) electrons. The Kier molecular flexibility index (Phi) is 8.33. The maximum atomic E-state index is 10.5. The largest absolute Gasteiger partial charge is 0.307 e. The molecule has 0 bridgehead atoms. The highest BCUT2D eigenvalue weighted by molar-refractivity contribution is 5.78. The van der Waals surface area contributed by atoms with Gasteiger partial charge in [0.1, 0.15) is 12.1 Å². The first-order valence-corrected chi connectivity index (χ1v) is 9.92. The summed E-state index contributed by atoms with van der Waals surface area (Å²) < 4.78 is 0. The molecule has 138 valence electrons. The SMILES string of the molecule is CC1NC2CCCCC2=C2C=CC=CC21.CC=O.O=C1CCCCC1. The Morgan fingerprint density at radius 1 is 1.04 bits per heavy atom. The van der Waals surface area contributed by atoms with E-state index < -0.39 is 0 Å². The first kappa shape index (κ1) is 19.8. The molecule has 0 aromatic rings. The van der Waals surface area contributed by atoms with E-state index in [2.05, 4.69) is 36.5 Å². The van der Waals surface area contributed by atoms with Crippen LogP contribution in [0.4, 0.5) is 0 Å². The number of nitrogens with one attached hydrogen (secondary N) is 1. The minimum atomic E-state index is 0.464. The van der Waals surface area contributed by atoms with Crippen molar-refractivity contribution in [2.75, 3.05) is 0 Å². The van der Waals surface area contributed by atoms with Gasteiger partial charge in [-0.15, -0.1) is 0 Å². The van der Waals surface area contributed by atoms with Gasteiger partial charge in [-0.1, -0.05) is 37.1 Å². The molecular weight excluding hydrogens is 310 g/mol. The summed E-state index contributed by atoms with van der Waals surface area (Å²) in [6, 6.07) is 1.28. The third-order valence-corrected chi connectivity index (χ3v) is 5.46. The van der Waals surface area contributed by atoms with Gasteiger partial charge in [0.2, 0.25) is 0 Å². The average molecular weight is 344 g/mol. The number of carbonyl (C=O) groups excluding carboxylic acids is 2. The van der Waals surface area contributed by atoms with Crippen molar-refractivity contribution in [2.24, 2.45) is 5.92 Å². The predicted molar refractivity (Wildman–Crippen MR) is 103 cm³/mol. The predicted octanol–water partition coefficient (Wildman–Crippen LogP) is 4.68. The van der Waals surface area contributed by atoms with Crippen LogP contribution in [0.3, 0.4) is 0 Å². The lowest BCUT2D eigenvalue weighted by Crippen LogP contribution is -2.48. The summed E-state index contributed by atoms with van der Waals surface area (Å²) in [6.45, 7) is 3.76. The molecule has 4 aliphatic rings.